The first kappa shape index (κ1) is 13.1. The second-order valence-corrected chi connectivity index (χ2v) is 4.12. The molecule has 0 aliphatic carbocycles. The monoisotopic (exact) mass is 262 g/mol. The van der Waals surface area contributed by atoms with E-state index in [1.807, 2.05) is 24.3 Å². The van der Waals surface area contributed by atoms with E-state index in [1.165, 1.54) is 0 Å². The van der Waals surface area contributed by atoms with Crippen LogP contribution in [0.1, 0.15) is 12.5 Å². The van der Waals surface area contributed by atoms with Gasteiger partial charge in [-0.15, -0.1) is 0 Å². The number of nitro groups is 1. The number of benzene rings is 1. The second-order valence-electron chi connectivity index (χ2n) is 4.12. The first-order valence-electron chi connectivity index (χ1n) is 5.98. The zero-order valence-corrected chi connectivity index (χ0v) is 10.5. The molecular weight excluding hydrogens is 248 g/mol. The molecule has 6 nitrogen and oxygen atoms in total. The molecule has 0 radical (unpaired) electrons. The van der Waals surface area contributed by atoms with Crippen molar-refractivity contribution in [3.8, 4) is 0 Å². The number of carbonyl (C=O) groups is 1. The predicted octanol–water partition coefficient (Wildman–Crippen LogP) is 1.92. The molecule has 19 heavy (non-hydrogen) atoms. The maximum atomic E-state index is 11.6. The molecule has 0 amide bonds. The van der Waals surface area contributed by atoms with E-state index in [9.17, 15) is 14.9 Å². The van der Waals surface area contributed by atoms with Gasteiger partial charge >= 0.3 is 12.0 Å². The molecule has 0 saturated heterocycles. The van der Waals surface area contributed by atoms with E-state index in [2.05, 4.69) is 4.98 Å². The SMILES string of the molecule is CCOC(=O)[C@H](Cc1c[nH]c2ccccc12)[N+](=O)[O-]. The normalized spacial score (nSPS) is 12.3. The van der Waals surface area contributed by atoms with Crippen LogP contribution in [0.2, 0.25) is 0 Å². The summed E-state index contributed by atoms with van der Waals surface area (Å²) in [5.74, 6) is -0.794. The number of H-pyrrole nitrogens is 1. The van der Waals surface area contributed by atoms with E-state index in [0.29, 0.717) is 0 Å². The summed E-state index contributed by atoms with van der Waals surface area (Å²) in [6.07, 6.45) is 1.72. The van der Waals surface area contributed by atoms with Gasteiger partial charge in [0.1, 0.15) is 0 Å². The van der Waals surface area contributed by atoms with Crippen LogP contribution in [0.4, 0.5) is 0 Å². The Hall–Kier alpha value is -2.37. The number of hydrogen-bond donors (Lipinski definition) is 1. The highest BCUT2D eigenvalue weighted by molar-refractivity contribution is 5.84. The minimum absolute atomic E-state index is 0.0237. The fourth-order valence-electron chi connectivity index (χ4n) is 1.99. The number of aromatic amines is 1. The number of fused-ring (bicyclic) bond motifs is 1. The first-order chi connectivity index (χ1) is 9.13. The largest absolute Gasteiger partial charge is 0.461 e. The molecule has 1 atom stereocenters. The van der Waals surface area contributed by atoms with Gasteiger partial charge in [-0.3, -0.25) is 10.1 Å². The summed E-state index contributed by atoms with van der Waals surface area (Å²) >= 11 is 0. The molecule has 0 bridgehead atoms. The molecule has 1 aromatic heterocycles. The summed E-state index contributed by atoms with van der Waals surface area (Å²) in [6, 6.07) is 6.11. The standard InChI is InChI=1S/C13H14N2O4/c1-2-19-13(16)12(15(17)18)7-9-8-14-11-6-4-3-5-10(9)11/h3-6,8,12,14H,2,7H2,1H3/t12-/m0/s1. The van der Waals surface area contributed by atoms with Crippen LogP contribution in [0.5, 0.6) is 0 Å². The van der Waals surface area contributed by atoms with Gasteiger partial charge in [-0.2, -0.15) is 0 Å². The molecule has 0 fully saturated rings. The van der Waals surface area contributed by atoms with Crippen LogP contribution in [0.3, 0.4) is 0 Å². The Morgan fingerprint density at radius 3 is 2.89 bits per heavy atom. The van der Waals surface area contributed by atoms with Crippen molar-refractivity contribution >= 4 is 16.9 Å². The minimum Gasteiger partial charge on any atom is -0.461 e. The predicted molar refractivity (Wildman–Crippen MR) is 69.4 cm³/mol. The van der Waals surface area contributed by atoms with Crippen molar-refractivity contribution in [1.82, 2.24) is 4.98 Å². The third-order valence-corrected chi connectivity index (χ3v) is 2.90. The summed E-state index contributed by atoms with van der Waals surface area (Å²) in [5, 5.41) is 11.9. The maximum Gasteiger partial charge on any atom is 0.382 e. The van der Waals surface area contributed by atoms with Crippen molar-refractivity contribution in [3.05, 3.63) is 46.1 Å². The van der Waals surface area contributed by atoms with Crippen molar-refractivity contribution in [3.63, 3.8) is 0 Å². The Kier molecular flexibility index (Phi) is 3.79. The molecule has 1 N–H and O–H groups in total. The topological polar surface area (TPSA) is 85.2 Å². The van der Waals surface area contributed by atoms with Gasteiger partial charge in [0.15, 0.2) is 0 Å². The van der Waals surface area contributed by atoms with Crippen LogP contribution in [0.25, 0.3) is 10.9 Å². The molecule has 1 aromatic carbocycles. The molecule has 0 unspecified atom stereocenters. The third-order valence-electron chi connectivity index (χ3n) is 2.90. The van der Waals surface area contributed by atoms with E-state index in [0.717, 1.165) is 16.5 Å². The van der Waals surface area contributed by atoms with Gasteiger partial charge in [0.25, 0.3) is 0 Å². The zero-order valence-electron chi connectivity index (χ0n) is 10.5. The second kappa shape index (κ2) is 5.51. The highest BCUT2D eigenvalue weighted by Crippen LogP contribution is 2.20. The molecular formula is C13H14N2O4. The third kappa shape index (κ3) is 2.73. The van der Waals surface area contributed by atoms with Crippen molar-refractivity contribution < 1.29 is 14.5 Å². The average molecular weight is 262 g/mol. The summed E-state index contributed by atoms with van der Waals surface area (Å²) in [5.41, 5.74) is 1.63. The van der Waals surface area contributed by atoms with Crippen LogP contribution in [-0.4, -0.2) is 28.5 Å². The zero-order chi connectivity index (χ0) is 13.8. The van der Waals surface area contributed by atoms with Crippen LogP contribution in [-0.2, 0) is 16.0 Å². The molecule has 0 spiro atoms. The van der Waals surface area contributed by atoms with E-state index >= 15 is 0 Å². The summed E-state index contributed by atoms with van der Waals surface area (Å²) in [6.45, 7) is 1.76. The molecule has 1 heterocycles. The smallest absolute Gasteiger partial charge is 0.382 e. The Morgan fingerprint density at radius 1 is 1.47 bits per heavy atom. The quantitative estimate of drug-likeness (QED) is 0.506. The number of para-hydroxylation sites is 1. The van der Waals surface area contributed by atoms with Gasteiger partial charge in [-0.1, -0.05) is 18.2 Å². The highest BCUT2D eigenvalue weighted by Gasteiger charge is 2.32. The Balaban J connectivity index is 2.26. The highest BCUT2D eigenvalue weighted by atomic mass is 16.6. The molecule has 100 valence electrons. The van der Waals surface area contributed by atoms with Crippen molar-refractivity contribution in [2.24, 2.45) is 0 Å². The van der Waals surface area contributed by atoms with Gasteiger partial charge in [0, 0.05) is 22.0 Å². The van der Waals surface area contributed by atoms with Crippen molar-refractivity contribution in [2.75, 3.05) is 6.61 Å². The van der Waals surface area contributed by atoms with Crippen molar-refractivity contribution in [1.29, 1.82) is 0 Å². The fraction of sp³-hybridized carbons (Fsp3) is 0.308. The summed E-state index contributed by atoms with van der Waals surface area (Å²) in [7, 11) is 0. The number of nitrogens with one attached hydrogen (secondary N) is 1. The lowest BCUT2D eigenvalue weighted by atomic mass is 10.1. The lowest BCUT2D eigenvalue weighted by molar-refractivity contribution is -0.510. The van der Waals surface area contributed by atoms with E-state index < -0.39 is 16.9 Å². The molecule has 6 heteroatoms. The first-order valence-corrected chi connectivity index (χ1v) is 5.98. The van der Waals surface area contributed by atoms with Gasteiger partial charge in [0.2, 0.25) is 0 Å². The average Bonchev–Trinajstić information content (AvgIpc) is 2.79. The number of esters is 1. The lowest BCUT2D eigenvalue weighted by Gasteiger charge is -2.07. The Morgan fingerprint density at radius 2 is 2.21 bits per heavy atom. The van der Waals surface area contributed by atoms with Crippen molar-refractivity contribution in [2.45, 2.75) is 19.4 Å². The number of aromatic nitrogens is 1. The minimum atomic E-state index is -1.36. The summed E-state index contributed by atoms with van der Waals surface area (Å²) < 4.78 is 4.74. The number of nitrogens with zero attached hydrogens (tertiary/aromatic N) is 1. The lowest BCUT2D eigenvalue weighted by Crippen LogP contribution is -2.33. The van der Waals surface area contributed by atoms with E-state index in [4.69, 9.17) is 4.74 Å². The molecule has 2 rings (SSSR count). The fourth-order valence-corrected chi connectivity index (χ4v) is 1.99. The van der Waals surface area contributed by atoms with Gasteiger partial charge in [-0.25, -0.2) is 4.79 Å². The number of rotatable bonds is 5. The van der Waals surface area contributed by atoms with Crippen LogP contribution < -0.4 is 0 Å². The maximum absolute atomic E-state index is 11.6. The number of ether oxygens (including phenoxy) is 1. The molecule has 0 aliphatic heterocycles. The van der Waals surface area contributed by atoms with Crippen LogP contribution in [0, 0.1) is 10.1 Å². The molecule has 0 aliphatic rings. The number of carbonyl (C=O) groups excluding carboxylic acids is 1. The van der Waals surface area contributed by atoms with Gasteiger partial charge in [0.05, 0.1) is 13.0 Å². The molecule has 0 saturated carbocycles. The van der Waals surface area contributed by atoms with E-state index in [1.54, 1.807) is 13.1 Å². The van der Waals surface area contributed by atoms with E-state index in [-0.39, 0.29) is 13.0 Å². The van der Waals surface area contributed by atoms with Crippen LogP contribution >= 0.6 is 0 Å². The van der Waals surface area contributed by atoms with Gasteiger partial charge < -0.3 is 9.72 Å². The summed E-state index contributed by atoms with van der Waals surface area (Å²) in [4.78, 5) is 25.0. The Bertz CT molecular complexity index is 605. The Labute approximate surface area is 109 Å². The number of hydrogen-bond acceptors (Lipinski definition) is 4. The molecule has 2 aromatic rings. The van der Waals surface area contributed by atoms with Gasteiger partial charge in [-0.05, 0) is 18.6 Å². The van der Waals surface area contributed by atoms with Crippen LogP contribution in [0.15, 0.2) is 30.5 Å².